The Kier molecular flexibility index (Phi) is 9.48. The summed E-state index contributed by atoms with van der Waals surface area (Å²) >= 11 is 1.46. The molecule has 9 heteroatoms. The molecule has 1 amide bonds. The SMILES string of the molecule is COc1ccc(-c2ccccc2)c2sc(NC(=O)c3ccc(CN4CCNCC4)cc3)nc12.Cl.Cl. The van der Waals surface area contributed by atoms with E-state index in [9.17, 15) is 4.79 Å². The number of ether oxygens (including phenoxy) is 1. The second-order valence-corrected chi connectivity index (χ2v) is 9.05. The molecule has 0 saturated carbocycles. The van der Waals surface area contributed by atoms with Crippen molar-refractivity contribution in [2.24, 2.45) is 0 Å². The van der Waals surface area contributed by atoms with E-state index in [1.165, 1.54) is 16.9 Å². The van der Waals surface area contributed by atoms with Gasteiger partial charge in [0.15, 0.2) is 5.13 Å². The number of benzene rings is 3. The quantitative estimate of drug-likeness (QED) is 0.345. The highest BCUT2D eigenvalue weighted by Gasteiger charge is 2.17. The molecule has 5 rings (SSSR count). The van der Waals surface area contributed by atoms with Crippen molar-refractivity contribution >= 4 is 57.4 Å². The average Bonchev–Trinajstić information content (AvgIpc) is 3.28. The Balaban J connectivity index is 0.00000171. The first-order valence-electron chi connectivity index (χ1n) is 11.1. The van der Waals surface area contributed by atoms with Crippen molar-refractivity contribution in [1.29, 1.82) is 0 Å². The number of methoxy groups -OCH3 is 1. The van der Waals surface area contributed by atoms with Crippen LogP contribution in [0.15, 0.2) is 66.7 Å². The standard InChI is InChI=1S/C26H26N4O2S.2ClH/c1-32-22-12-11-21(19-5-3-2-4-6-19)24-23(22)28-26(33-24)29-25(31)20-9-7-18(8-10-20)17-30-15-13-27-14-16-30;;/h2-12,27H,13-17H2,1H3,(H,28,29,31);2*1H. The fourth-order valence-corrected chi connectivity index (χ4v) is 5.12. The molecule has 1 aliphatic heterocycles. The molecule has 4 aromatic rings. The molecule has 0 radical (unpaired) electrons. The number of anilines is 1. The van der Waals surface area contributed by atoms with Crippen LogP contribution in [0.25, 0.3) is 21.3 Å². The minimum absolute atomic E-state index is 0. The maximum Gasteiger partial charge on any atom is 0.257 e. The maximum absolute atomic E-state index is 12.9. The van der Waals surface area contributed by atoms with Gasteiger partial charge < -0.3 is 10.1 Å². The highest BCUT2D eigenvalue weighted by molar-refractivity contribution is 7.23. The van der Waals surface area contributed by atoms with Gasteiger partial charge in [0, 0.05) is 43.9 Å². The van der Waals surface area contributed by atoms with E-state index in [4.69, 9.17) is 4.74 Å². The van der Waals surface area contributed by atoms with Gasteiger partial charge in [-0.1, -0.05) is 53.8 Å². The Hall–Kier alpha value is -2.68. The number of nitrogens with zero attached hydrogens (tertiary/aromatic N) is 2. The van der Waals surface area contributed by atoms with Crippen LogP contribution >= 0.6 is 36.2 Å². The molecule has 35 heavy (non-hydrogen) atoms. The van der Waals surface area contributed by atoms with Crippen molar-refractivity contribution < 1.29 is 9.53 Å². The molecule has 0 atom stereocenters. The number of amides is 1. The van der Waals surface area contributed by atoms with Crippen LogP contribution in [0.5, 0.6) is 5.75 Å². The smallest absolute Gasteiger partial charge is 0.257 e. The first-order chi connectivity index (χ1) is 16.2. The normalized spacial score (nSPS) is 13.5. The molecular weight excluding hydrogens is 503 g/mol. The van der Waals surface area contributed by atoms with Gasteiger partial charge in [-0.15, -0.1) is 24.8 Å². The zero-order chi connectivity index (χ0) is 22.6. The molecule has 0 bridgehead atoms. The maximum atomic E-state index is 12.9. The number of fused-ring (bicyclic) bond motifs is 1. The van der Waals surface area contributed by atoms with Crippen LogP contribution in [-0.2, 0) is 6.54 Å². The monoisotopic (exact) mass is 530 g/mol. The fourth-order valence-electron chi connectivity index (χ4n) is 4.10. The summed E-state index contributed by atoms with van der Waals surface area (Å²) in [6, 6.07) is 22.0. The van der Waals surface area contributed by atoms with E-state index in [0.717, 1.165) is 54.1 Å². The summed E-state index contributed by atoms with van der Waals surface area (Å²) in [6.07, 6.45) is 0. The van der Waals surface area contributed by atoms with Crippen LogP contribution < -0.4 is 15.4 Å². The average molecular weight is 532 g/mol. The van der Waals surface area contributed by atoms with Gasteiger partial charge in [-0.05, 0) is 35.4 Å². The molecule has 6 nitrogen and oxygen atoms in total. The molecule has 184 valence electrons. The molecule has 1 aliphatic rings. The summed E-state index contributed by atoms with van der Waals surface area (Å²) in [4.78, 5) is 20.0. The number of hydrogen-bond acceptors (Lipinski definition) is 6. The second-order valence-electron chi connectivity index (χ2n) is 8.06. The molecule has 0 aliphatic carbocycles. The summed E-state index contributed by atoms with van der Waals surface area (Å²) < 4.78 is 6.51. The number of aromatic nitrogens is 1. The summed E-state index contributed by atoms with van der Waals surface area (Å²) in [5.74, 6) is 0.529. The van der Waals surface area contributed by atoms with E-state index in [1.54, 1.807) is 7.11 Å². The van der Waals surface area contributed by atoms with Crippen LogP contribution in [0.3, 0.4) is 0 Å². The van der Waals surface area contributed by atoms with Crippen LogP contribution in [0, 0.1) is 0 Å². The number of thiazole rings is 1. The van der Waals surface area contributed by atoms with Crippen molar-refractivity contribution in [3.05, 3.63) is 77.9 Å². The minimum Gasteiger partial charge on any atom is -0.494 e. The molecule has 3 aromatic carbocycles. The second kappa shape index (κ2) is 12.3. The lowest BCUT2D eigenvalue weighted by molar-refractivity contribution is 0.102. The van der Waals surface area contributed by atoms with Crippen molar-refractivity contribution in [3.8, 4) is 16.9 Å². The summed E-state index contributed by atoms with van der Waals surface area (Å²) in [5, 5.41) is 6.90. The van der Waals surface area contributed by atoms with Crippen molar-refractivity contribution in [1.82, 2.24) is 15.2 Å². The molecule has 0 unspecified atom stereocenters. The van der Waals surface area contributed by atoms with Crippen molar-refractivity contribution in [2.45, 2.75) is 6.54 Å². The third kappa shape index (κ3) is 6.12. The molecule has 1 saturated heterocycles. The Bertz CT molecular complexity index is 1260. The van der Waals surface area contributed by atoms with E-state index >= 15 is 0 Å². The molecule has 2 N–H and O–H groups in total. The van der Waals surface area contributed by atoms with Crippen molar-refractivity contribution in [3.63, 3.8) is 0 Å². The van der Waals surface area contributed by atoms with E-state index in [0.29, 0.717) is 16.4 Å². The largest absolute Gasteiger partial charge is 0.494 e. The topological polar surface area (TPSA) is 66.5 Å². The van der Waals surface area contributed by atoms with Crippen LogP contribution in [0.1, 0.15) is 15.9 Å². The van der Waals surface area contributed by atoms with E-state index < -0.39 is 0 Å². The van der Waals surface area contributed by atoms with Gasteiger partial charge in [0.25, 0.3) is 5.91 Å². The van der Waals surface area contributed by atoms with E-state index in [2.05, 4.69) is 32.7 Å². The molecular formula is C26H28Cl2N4O2S. The predicted molar refractivity (Wildman–Crippen MR) is 149 cm³/mol. The van der Waals surface area contributed by atoms with Crippen LogP contribution in [0.4, 0.5) is 5.13 Å². The first kappa shape index (κ1) is 26.9. The highest BCUT2D eigenvalue weighted by Crippen LogP contribution is 2.39. The predicted octanol–water partition coefficient (Wildman–Crippen LogP) is 5.47. The molecule has 2 heterocycles. The van der Waals surface area contributed by atoms with Crippen molar-refractivity contribution in [2.75, 3.05) is 38.6 Å². The fraction of sp³-hybridized carbons (Fsp3) is 0.231. The van der Waals surface area contributed by atoms with Gasteiger partial charge in [0.1, 0.15) is 11.3 Å². The lowest BCUT2D eigenvalue weighted by atomic mass is 10.1. The van der Waals surface area contributed by atoms with Gasteiger partial charge >= 0.3 is 0 Å². The van der Waals surface area contributed by atoms with Crippen LogP contribution in [0.2, 0.25) is 0 Å². The molecule has 1 fully saturated rings. The van der Waals surface area contributed by atoms with Gasteiger partial charge in [0.2, 0.25) is 0 Å². The zero-order valence-corrected chi connectivity index (χ0v) is 21.8. The Morgan fingerprint density at radius 2 is 1.74 bits per heavy atom. The van der Waals surface area contributed by atoms with Gasteiger partial charge in [0.05, 0.1) is 11.8 Å². The summed E-state index contributed by atoms with van der Waals surface area (Å²) in [6.45, 7) is 5.06. The lowest BCUT2D eigenvalue weighted by Crippen LogP contribution is -2.42. The number of nitrogens with one attached hydrogen (secondary N) is 2. The minimum atomic E-state index is -0.164. The number of hydrogen-bond donors (Lipinski definition) is 2. The number of rotatable bonds is 6. The molecule has 1 aromatic heterocycles. The first-order valence-corrected chi connectivity index (χ1v) is 11.9. The third-order valence-electron chi connectivity index (χ3n) is 5.86. The third-order valence-corrected chi connectivity index (χ3v) is 6.87. The van der Waals surface area contributed by atoms with Gasteiger partial charge in [-0.3, -0.25) is 15.0 Å². The molecule has 0 spiro atoms. The van der Waals surface area contributed by atoms with E-state index in [1.807, 2.05) is 54.6 Å². The van der Waals surface area contributed by atoms with Gasteiger partial charge in [-0.2, -0.15) is 0 Å². The van der Waals surface area contributed by atoms with Gasteiger partial charge in [-0.25, -0.2) is 4.98 Å². The Morgan fingerprint density at radius 1 is 1.03 bits per heavy atom. The Labute approximate surface area is 221 Å². The van der Waals surface area contributed by atoms with Crippen LogP contribution in [-0.4, -0.2) is 49.1 Å². The number of halogens is 2. The number of piperazine rings is 1. The summed E-state index contributed by atoms with van der Waals surface area (Å²) in [5.41, 5.74) is 4.76. The lowest BCUT2D eigenvalue weighted by Gasteiger charge is -2.27. The highest BCUT2D eigenvalue weighted by atomic mass is 35.5. The van der Waals surface area contributed by atoms with E-state index in [-0.39, 0.29) is 30.7 Å². The number of carbonyl (C=O) groups excluding carboxylic acids is 1. The zero-order valence-electron chi connectivity index (χ0n) is 19.3. The Morgan fingerprint density at radius 3 is 2.43 bits per heavy atom. The summed E-state index contributed by atoms with van der Waals surface area (Å²) in [7, 11) is 1.64. The number of carbonyl (C=O) groups is 1.